The molecule has 2 aromatic heterocycles. The van der Waals surface area contributed by atoms with Crippen LogP contribution in [-0.2, 0) is 0 Å². The minimum Gasteiger partial charge on any atom is -0.359 e. The Morgan fingerprint density at radius 1 is 1.00 bits per heavy atom. The lowest BCUT2D eigenvalue weighted by atomic mass is 10.3. The number of hydrogen-bond donors (Lipinski definition) is 0. The van der Waals surface area contributed by atoms with Crippen molar-refractivity contribution in [2.75, 3.05) is 0 Å². The molecule has 25 heavy (non-hydrogen) atoms. The average Bonchev–Trinajstić information content (AvgIpc) is 2.81. The second kappa shape index (κ2) is 7.07. The summed E-state index contributed by atoms with van der Waals surface area (Å²) in [5.74, 6) is -0.101. The van der Waals surface area contributed by atoms with Gasteiger partial charge in [-0.1, -0.05) is 61.2 Å². The smallest absolute Gasteiger partial charge is 0.171 e. The van der Waals surface area contributed by atoms with Crippen LogP contribution in [0.1, 0.15) is 41.5 Å². The second-order valence-corrected chi connectivity index (χ2v) is 20.9. The third-order valence-corrected chi connectivity index (χ3v) is 15.1. The summed E-state index contributed by atoms with van der Waals surface area (Å²) >= 11 is 2.07. The number of halogens is 2. The molecule has 140 valence electrons. The van der Waals surface area contributed by atoms with Gasteiger partial charge in [-0.15, -0.1) is 0 Å². The van der Waals surface area contributed by atoms with E-state index in [1.807, 2.05) is 0 Å². The summed E-state index contributed by atoms with van der Waals surface area (Å²) < 4.78 is 18.0. The van der Waals surface area contributed by atoms with Crippen LogP contribution in [0.4, 0.5) is 4.39 Å². The van der Waals surface area contributed by atoms with Crippen LogP contribution >= 0.6 is 22.6 Å². The zero-order chi connectivity index (χ0) is 19.3. The molecule has 0 saturated carbocycles. The molecule has 6 heteroatoms. The molecule has 0 unspecified atom stereocenters. The predicted octanol–water partition coefficient (Wildman–Crippen LogP) is 6.35. The Bertz CT molecular complexity index is 754. The maximum absolute atomic E-state index is 15.0. The predicted molar refractivity (Wildman–Crippen MR) is 122 cm³/mol. The Labute approximate surface area is 167 Å². The molecule has 2 aromatic rings. The summed E-state index contributed by atoms with van der Waals surface area (Å²) in [5.41, 5.74) is 2.76. The molecule has 0 aliphatic rings. The topological polar surface area (TPSA) is 17.8 Å². The van der Waals surface area contributed by atoms with Crippen molar-refractivity contribution in [1.29, 1.82) is 0 Å². The van der Waals surface area contributed by atoms with Crippen LogP contribution in [-0.4, -0.2) is 25.5 Å². The van der Waals surface area contributed by atoms with E-state index in [1.54, 1.807) is 0 Å². The molecule has 0 aliphatic heterocycles. The van der Waals surface area contributed by atoms with Crippen LogP contribution in [0.3, 0.4) is 0 Å². The molecule has 0 aliphatic carbocycles. The van der Waals surface area contributed by atoms with E-state index in [9.17, 15) is 4.39 Å². The zero-order valence-corrected chi connectivity index (χ0v) is 21.2. The van der Waals surface area contributed by atoms with Gasteiger partial charge in [0.2, 0.25) is 0 Å². The van der Waals surface area contributed by atoms with Crippen molar-refractivity contribution in [1.82, 2.24) is 9.22 Å². The Kier molecular flexibility index (Phi) is 5.97. The number of rotatable bonds is 5. The Morgan fingerprint density at radius 3 is 1.88 bits per heavy atom. The fourth-order valence-electron chi connectivity index (χ4n) is 4.98. The lowest BCUT2D eigenvalue weighted by Crippen LogP contribution is -2.52. The lowest BCUT2D eigenvalue weighted by molar-refractivity contribution is 0.621. The lowest BCUT2D eigenvalue weighted by Gasteiger charge is -2.44. The first-order valence-corrected chi connectivity index (χ1v) is 16.0. The Balaban J connectivity index is 2.96. The summed E-state index contributed by atoms with van der Waals surface area (Å²) in [6.45, 7) is 20.8. The first-order chi connectivity index (χ1) is 11.4. The first kappa shape index (κ1) is 21.1. The highest BCUT2D eigenvalue weighted by Gasteiger charge is 2.46. The maximum Gasteiger partial charge on any atom is 0.171 e. The van der Waals surface area contributed by atoms with Gasteiger partial charge in [-0.2, -0.15) is 0 Å². The van der Waals surface area contributed by atoms with Crippen molar-refractivity contribution in [2.45, 2.75) is 77.8 Å². The van der Waals surface area contributed by atoms with E-state index in [0.717, 1.165) is 16.2 Å². The standard InChI is InChI=1S/C19H32FIN2Si2/c1-12(2)25(13(3)4,14(5)6)23-11-10-15-17(24(7,8)9)16(20)18(21)22-19(15)23/h10-14H,1-9H3. The summed E-state index contributed by atoms with van der Waals surface area (Å²) in [6.07, 6.45) is 2.21. The molecule has 0 radical (unpaired) electrons. The third kappa shape index (κ3) is 3.27. The van der Waals surface area contributed by atoms with E-state index in [2.05, 4.69) is 100 Å². The third-order valence-electron chi connectivity index (χ3n) is 5.68. The van der Waals surface area contributed by atoms with Crippen LogP contribution < -0.4 is 5.19 Å². The van der Waals surface area contributed by atoms with Gasteiger partial charge in [-0.25, -0.2) is 9.37 Å². The monoisotopic (exact) mass is 490 g/mol. The van der Waals surface area contributed by atoms with Crippen LogP contribution in [0.2, 0.25) is 36.3 Å². The molecule has 0 spiro atoms. The molecule has 0 amide bonds. The van der Waals surface area contributed by atoms with Gasteiger partial charge in [-0.3, -0.25) is 0 Å². The molecule has 2 heterocycles. The molecule has 0 atom stereocenters. The highest BCUT2D eigenvalue weighted by atomic mass is 127. The molecule has 0 bridgehead atoms. The summed E-state index contributed by atoms with van der Waals surface area (Å²) in [7, 11) is -3.71. The van der Waals surface area contributed by atoms with Crippen molar-refractivity contribution in [2.24, 2.45) is 0 Å². The molecule has 0 aromatic carbocycles. The first-order valence-electron chi connectivity index (χ1n) is 9.23. The molecule has 2 nitrogen and oxygen atoms in total. The molecule has 2 rings (SSSR count). The average molecular weight is 491 g/mol. The maximum atomic E-state index is 15.0. The van der Waals surface area contributed by atoms with Crippen molar-refractivity contribution < 1.29 is 4.39 Å². The van der Waals surface area contributed by atoms with Crippen molar-refractivity contribution in [3.8, 4) is 0 Å². The second-order valence-electron chi connectivity index (χ2n) is 9.12. The number of aromatic nitrogens is 2. The molecule has 0 saturated heterocycles. The van der Waals surface area contributed by atoms with E-state index < -0.39 is 16.3 Å². The summed E-state index contributed by atoms with van der Waals surface area (Å²) in [4.78, 5) is 4.75. The van der Waals surface area contributed by atoms with E-state index >= 15 is 0 Å². The van der Waals surface area contributed by atoms with Gasteiger partial charge in [-0.05, 0) is 56.7 Å². The minimum atomic E-state index is -1.89. The van der Waals surface area contributed by atoms with Crippen molar-refractivity contribution in [3.05, 3.63) is 21.8 Å². The van der Waals surface area contributed by atoms with Crippen LogP contribution in [0.15, 0.2) is 12.3 Å². The quantitative estimate of drug-likeness (QED) is 0.271. The van der Waals surface area contributed by atoms with Crippen LogP contribution in [0.5, 0.6) is 0 Å². The number of nitrogens with zero attached hydrogens (tertiary/aromatic N) is 2. The van der Waals surface area contributed by atoms with E-state index in [0.29, 0.717) is 20.3 Å². The van der Waals surface area contributed by atoms with Crippen molar-refractivity contribution in [3.63, 3.8) is 0 Å². The molecular formula is C19H32FIN2Si2. The highest BCUT2D eigenvalue weighted by Crippen LogP contribution is 2.44. The van der Waals surface area contributed by atoms with E-state index in [1.165, 1.54) is 0 Å². The normalized spacial score (nSPS) is 13.7. The Hall–Kier alpha value is -0.216. The van der Waals surface area contributed by atoms with E-state index in [4.69, 9.17) is 4.98 Å². The van der Waals surface area contributed by atoms with Gasteiger partial charge in [0, 0.05) is 5.39 Å². The summed E-state index contributed by atoms with van der Waals surface area (Å²) in [6, 6.07) is 2.13. The summed E-state index contributed by atoms with van der Waals surface area (Å²) in [5, 5.41) is 1.97. The SMILES string of the molecule is CC(C)[Si](C(C)C)(C(C)C)n1ccc2c([Si](C)(C)C)c(F)c(I)nc21. The van der Waals surface area contributed by atoms with Gasteiger partial charge in [0.05, 0.1) is 8.07 Å². The van der Waals surface area contributed by atoms with Crippen LogP contribution in [0, 0.1) is 9.52 Å². The largest absolute Gasteiger partial charge is 0.359 e. The van der Waals surface area contributed by atoms with Gasteiger partial charge < -0.3 is 4.23 Å². The van der Waals surface area contributed by atoms with E-state index in [-0.39, 0.29) is 5.82 Å². The zero-order valence-electron chi connectivity index (χ0n) is 17.0. The fraction of sp³-hybridized carbons (Fsp3) is 0.632. The van der Waals surface area contributed by atoms with Gasteiger partial charge in [0.1, 0.15) is 9.35 Å². The van der Waals surface area contributed by atoms with Gasteiger partial charge >= 0.3 is 0 Å². The minimum absolute atomic E-state index is 0.101. The van der Waals surface area contributed by atoms with Crippen LogP contribution in [0.25, 0.3) is 11.0 Å². The fourth-order valence-corrected chi connectivity index (χ4v) is 14.0. The molecular weight excluding hydrogens is 458 g/mol. The molecule has 0 N–H and O–H groups in total. The van der Waals surface area contributed by atoms with Crippen molar-refractivity contribution >= 4 is 55.1 Å². The number of hydrogen-bond acceptors (Lipinski definition) is 1. The van der Waals surface area contributed by atoms with Gasteiger partial charge in [0.15, 0.2) is 14.1 Å². The Morgan fingerprint density at radius 2 is 1.48 bits per heavy atom. The highest BCUT2D eigenvalue weighted by molar-refractivity contribution is 14.1. The molecule has 0 fully saturated rings. The number of fused-ring (bicyclic) bond motifs is 1. The number of pyridine rings is 1. The van der Waals surface area contributed by atoms with Gasteiger partial charge in [0.25, 0.3) is 0 Å².